The third-order valence-corrected chi connectivity index (χ3v) is 6.30. The fourth-order valence-corrected chi connectivity index (χ4v) is 4.12. The van der Waals surface area contributed by atoms with Crippen molar-refractivity contribution in [2.75, 3.05) is 46.3 Å². The minimum Gasteiger partial charge on any atom is -0.315 e. The summed E-state index contributed by atoms with van der Waals surface area (Å²) >= 11 is 0. The van der Waals surface area contributed by atoms with Gasteiger partial charge < -0.3 is 5.32 Å². The second-order valence-corrected chi connectivity index (χ2v) is 8.20. The number of piperazine rings is 1. The summed E-state index contributed by atoms with van der Waals surface area (Å²) in [6.07, 6.45) is 1.27. The third-order valence-electron chi connectivity index (χ3n) is 4.87. The lowest BCUT2D eigenvalue weighted by Crippen LogP contribution is -2.50. The molecule has 2 heterocycles. The van der Waals surface area contributed by atoms with Crippen LogP contribution in [0.15, 0.2) is 29.2 Å². The van der Waals surface area contributed by atoms with Crippen molar-refractivity contribution in [3.05, 3.63) is 29.8 Å². The standard InChI is InChI=1S/C16H26N4O2S/c1-17-23(21,22)16-4-2-14(3-5-16)13-19-8-10-20(11-9-19)15-6-7-18-12-15/h2-5,15,17-18H,6-13H2,1H3/t15-/m0/s1. The van der Waals surface area contributed by atoms with E-state index in [2.05, 4.69) is 19.8 Å². The van der Waals surface area contributed by atoms with Crippen molar-refractivity contribution in [3.8, 4) is 0 Å². The fourth-order valence-electron chi connectivity index (χ4n) is 3.39. The average Bonchev–Trinajstić information content (AvgIpc) is 3.11. The molecule has 7 heteroatoms. The van der Waals surface area contributed by atoms with E-state index in [0.717, 1.165) is 51.4 Å². The van der Waals surface area contributed by atoms with Gasteiger partial charge in [0.25, 0.3) is 0 Å². The lowest BCUT2D eigenvalue weighted by molar-refractivity contribution is 0.0981. The summed E-state index contributed by atoms with van der Waals surface area (Å²) in [6.45, 7) is 7.56. The first kappa shape index (κ1) is 16.9. The summed E-state index contributed by atoms with van der Waals surface area (Å²) in [4.78, 5) is 5.36. The molecule has 1 aromatic rings. The predicted molar refractivity (Wildman–Crippen MR) is 90.8 cm³/mol. The Morgan fingerprint density at radius 2 is 1.87 bits per heavy atom. The highest BCUT2D eigenvalue weighted by atomic mass is 32.2. The minimum absolute atomic E-state index is 0.322. The molecule has 6 nitrogen and oxygen atoms in total. The van der Waals surface area contributed by atoms with Crippen LogP contribution >= 0.6 is 0 Å². The molecule has 0 spiro atoms. The van der Waals surface area contributed by atoms with E-state index in [0.29, 0.717) is 10.9 Å². The summed E-state index contributed by atoms with van der Waals surface area (Å²) in [5.41, 5.74) is 1.16. The van der Waals surface area contributed by atoms with Crippen molar-refractivity contribution in [2.45, 2.75) is 23.9 Å². The summed E-state index contributed by atoms with van der Waals surface area (Å²) in [6, 6.07) is 7.90. The van der Waals surface area contributed by atoms with Crippen LogP contribution in [0.4, 0.5) is 0 Å². The number of nitrogens with zero attached hydrogens (tertiary/aromatic N) is 2. The van der Waals surface area contributed by atoms with Crippen molar-refractivity contribution in [1.82, 2.24) is 19.8 Å². The van der Waals surface area contributed by atoms with Gasteiger partial charge in [-0.15, -0.1) is 0 Å². The van der Waals surface area contributed by atoms with E-state index in [4.69, 9.17) is 0 Å². The lowest BCUT2D eigenvalue weighted by atomic mass is 10.1. The zero-order valence-corrected chi connectivity index (χ0v) is 14.5. The molecular formula is C16H26N4O2S. The van der Waals surface area contributed by atoms with Crippen LogP contribution in [0.2, 0.25) is 0 Å². The van der Waals surface area contributed by atoms with Crippen LogP contribution in [0.5, 0.6) is 0 Å². The molecule has 128 valence electrons. The van der Waals surface area contributed by atoms with Gasteiger partial charge in [-0.2, -0.15) is 0 Å². The van der Waals surface area contributed by atoms with Crippen LogP contribution in [0.3, 0.4) is 0 Å². The second kappa shape index (κ2) is 7.27. The van der Waals surface area contributed by atoms with Gasteiger partial charge in [0.05, 0.1) is 4.90 Å². The Hall–Kier alpha value is -0.990. The number of rotatable bonds is 5. The van der Waals surface area contributed by atoms with Crippen LogP contribution in [0.1, 0.15) is 12.0 Å². The molecular weight excluding hydrogens is 312 g/mol. The molecule has 0 bridgehead atoms. The maximum absolute atomic E-state index is 11.7. The molecule has 0 unspecified atom stereocenters. The molecule has 0 amide bonds. The Kier molecular flexibility index (Phi) is 5.33. The molecule has 0 saturated carbocycles. The van der Waals surface area contributed by atoms with E-state index in [1.807, 2.05) is 12.1 Å². The summed E-state index contributed by atoms with van der Waals surface area (Å²) in [5.74, 6) is 0. The quantitative estimate of drug-likeness (QED) is 0.796. The van der Waals surface area contributed by atoms with E-state index in [1.165, 1.54) is 13.5 Å². The molecule has 0 radical (unpaired) electrons. The molecule has 0 aliphatic carbocycles. The van der Waals surface area contributed by atoms with Gasteiger partial charge in [0, 0.05) is 45.3 Å². The van der Waals surface area contributed by atoms with Crippen LogP contribution in [0.25, 0.3) is 0 Å². The highest BCUT2D eigenvalue weighted by molar-refractivity contribution is 7.89. The first-order valence-corrected chi connectivity index (χ1v) is 9.76. The van der Waals surface area contributed by atoms with Gasteiger partial charge in [0.15, 0.2) is 0 Å². The molecule has 1 atom stereocenters. The molecule has 1 aromatic carbocycles. The van der Waals surface area contributed by atoms with Gasteiger partial charge in [-0.1, -0.05) is 12.1 Å². The number of sulfonamides is 1. The first-order valence-electron chi connectivity index (χ1n) is 8.28. The van der Waals surface area contributed by atoms with E-state index < -0.39 is 10.0 Å². The number of nitrogens with one attached hydrogen (secondary N) is 2. The van der Waals surface area contributed by atoms with Gasteiger partial charge >= 0.3 is 0 Å². The Morgan fingerprint density at radius 3 is 2.43 bits per heavy atom. The molecule has 0 aromatic heterocycles. The highest BCUT2D eigenvalue weighted by Crippen LogP contribution is 2.15. The van der Waals surface area contributed by atoms with E-state index >= 15 is 0 Å². The van der Waals surface area contributed by atoms with Gasteiger partial charge in [-0.05, 0) is 37.7 Å². The number of hydrogen-bond donors (Lipinski definition) is 2. The van der Waals surface area contributed by atoms with Crippen molar-refractivity contribution < 1.29 is 8.42 Å². The van der Waals surface area contributed by atoms with Crippen molar-refractivity contribution >= 4 is 10.0 Å². The molecule has 2 fully saturated rings. The van der Waals surface area contributed by atoms with E-state index in [1.54, 1.807) is 12.1 Å². The average molecular weight is 338 g/mol. The van der Waals surface area contributed by atoms with Gasteiger partial charge in [-0.25, -0.2) is 13.1 Å². The molecule has 23 heavy (non-hydrogen) atoms. The molecule has 2 saturated heterocycles. The topological polar surface area (TPSA) is 64.7 Å². The highest BCUT2D eigenvalue weighted by Gasteiger charge is 2.25. The molecule has 2 aliphatic rings. The largest absolute Gasteiger partial charge is 0.315 e. The molecule has 2 N–H and O–H groups in total. The van der Waals surface area contributed by atoms with Gasteiger partial charge in [-0.3, -0.25) is 9.80 Å². The predicted octanol–water partition coefficient (Wildman–Crippen LogP) is 0.0742. The zero-order chi connectivity index (χ0) is 16.3. The Bertz CT molecular complexity index is 603. The monoisotopic (exact) mass is 338 g/mol. The minimum atomic E-state index is -3.34. The Labute approximate surface area is 138 Å². The first-order chi connectivity index (χ1) is 11.1. The third kappa shape index (κ3) is 4.10. The fraction of sp³-hybridized carbons (Fsp3) is 0.625. The van der Waals surface area contributed by atoms with Crippen LogP contribution in [-0.2, 0) is 16.6 Å². The zero-order valence-electron chi connectivity index (χ0n) is 13.7. The van der Waals surface area contributed by atoms with Gasteiger partial charge in [0.1, 0.15) is 0 Å². The summed E-state index contributed by atoms with van der Waals surface area (Å²) in [5, 5.41) is 3.43. The summed E-state index contributed by atoms with van der Waals surface area (Å²) in [7, 11) is -1.91. The van der Waals surface area contributed by atoms with Crippen LogP contribution in [0, 0.1) is 0 Å². The Morgan fingerprint density at radius 1 is 1.17 bits per heavy atom. The second-order valence-electron chi connectivity index (χ2n) is 6.31. The van der Waals surface area contributed by atoms with E-state index in [9.17, 15) is 8.42 Å². The lowest BCUT2D eigenvalue weighted by Gasteiger charge is -2.37. The normalized spacial score (nSPS) is 24.1. The maximum Gasteiger partial charge on any atom is 0.240 e. The SMILES string of the molecule is CNS(=O)(=O)c1ccc(CN2CCN([C@H]3CCNC3)CC2)cc1. The molecule has 3 rings (SSSR count). The van der Waals surface area contributed by atoms with Crippen LogP contribution in [-0.4, -0.2) is 70.6 Å². The smallest absolute Gasteiger partial charge is 0.240 e. The maximum atomic E-state index is 11.7. The van der Waals surface area contributed by atoms with Gasteiger partial charge in [0.2, 0.25) is 10.0 Å². The Balaban J connectivity index is 1.52. The van der Waals surface area contributed by atoms with E-state index in [-0.39, 0.29) is 0 Å². The van der Waals surface area contributed by atoms with Crippen molar-refractivity contribution in [1.29, 1.82) is 0 Å². The van der Waals surface area contributed by atoms with Crippen molar-refractivity contribution in [2.24, 2.45) is 0 Å². The summed E-state index contributed by atoms with van der Waals surface area (Å²) < 4.78 is 25.8. The number of hydrogen-bond acceptors (Lipinski definition) is 5. The van der Waals surface area contributed by atoms with Crippen LogP contribution < -0.4 is 10.0 Å². The number of benzene rings is 1. The van der Waals surface area contributed by atoms with Crippen molar-refractivity contribution in [3.63, 3.8) is 0 Å². The molecule has 2 aliphatic heterocycles.